The number of nitrogens with one attached hydrogen (secondary N) is 2. The molecule has 190 valence electrons. The van der Waals surface area contributed by atoms with Crippen LogP contribution in [0.1, 0.15) is 40.9 Å². The molecule has 1 fully saturated rings. The minimum Gasteiger partial charge on any atom is -0.338 e. The molecule has 0 aliphatic carbocycles. The maximum Gasteiger partial charge on any atom is 0.264 e. The summed E-state index contributed by atoms with van der Waals surface area (Å²) < 4.78 is 27.4. The summed E-state index contributed by atoms with van der Waals surface area (Å²) in [4.78, 5) is 29.8. The number of halogens is 2. The molecule has 0 atom stereocenters. The van der Waals surface area contributed by atoms with E-state index < -0.39 is 23.1 Å². The number of amides is 2. The van der Waals surface area contributed by atoms with E-state index in [1.807, 2.05) is 19.9 Å². The number of allylic oxidation sites excluding steroid dienone is 1. The molecule has 3 aromatic rings. The first-order chi connectivity index (χ1) is 17.6. The van der Waals surface area contributed by atoms with E-state index in [1.54, 1.807) is 36.2 Å². The van der Waals surface area contributed by atoms with Crippen LogP contribution >= 0.6 is 0 Å². The zero-order valence-corrected chi connectivity index (χ0v) is 20.9. The lowest BCUT2D eigenvalue weighted by Gasteiger charge is -2.28. The van der Waals surface area contributed by atoms with Crippen molar-refractivity contribution in [2.75, 3.05) is 13.6 Å². The lowest BCUT2D eigenvalue weighted by atomic mass is 9.82. The van der Waals surface area contributed by atoms with Crippen LogP contribution in [0.25, 0.3) is 0 Å². The van der Waals surface area contributed by atoms with Gasteiger partial charge >= 0.3 is 0 Å². The maximum atomic E-state index is 13.9. The van der Waals surface area contributed by atoms with Gasteiger partial charge in [-0.3, -0.25) is 19.9 Å². The van der Waals surface area contributed by atoms with E-state index in [9.17, 15) is 18.4 Å². The molecular weight excluding hydrogens is 474 g/mol. The highest BCUT2D eigenvalue weighted by atomic mass is 19.1. The van der Waals surface area contributed by atoms with Crippen LogP contribution in [0.5, 0.6) is 0 Å². The lowest BCUT2D eigenvalue weighted by Crippen LogP contribution is -2.45. The molecular formula is C29H28F2N4O2. The van der Waals surface area contributed by atoms with Crippen LogP contribution in [0, 0.1) is 17.0 Å². The quantitative estimate of drug-likeness (QED) is 0.455. The van der Waals surface area contributed by atoms with Gasteiger partial charge in [0.25, 0.3) is 11.8 Å². The number of hydrogen-bond acceptors (Lipinski definition) is 3. The molecule has 6 nitrogen and oxygen atoms in total. The van der Waals surface area contributed by atoms with Gasteiger partial charge in [0.15, 0.2) is 11.5 Å². The molecule has 0 saturated carbocycles. The fourth-order valence-corrected chi connectivity index (χ4v) is 4.45. The first kappa shape index (κ1) is 25.8. The first-order valence-corrected chi connectivity index (χ1v) is 11.8. The normalized spacial score (nSPS) is 15.1. The van der Waals surface area contributed by atoms with E-state index in [0.29, 0.717) is 28.8 Å². The average molecular weight is 503 g/mol. The number of guanidine groups is 1. The molecule has 0 radical (unpaired) electrons. The summed E-state index contributed by atoms with van der Waals surface area (Å²) >= 11 is 0. The highest BCUT2D eigenvalue weighted by Crippen LogP contribution is 2.36. The molecule has 2 amide bonds. The third kappa shape index (κ3) is 5.00. The van der Waals surface area contributed by atoms with E-state index in [1.165, 1.54) is 53.4 Å². The van der Waals surface area contributed by atoms with Crippen molar-refractivity contribution in [1.82, 2.24) is 15.1 Å². The van der Waals surface area contributed by atoms with Crippen LogP contribution < -0.4 is 5.32 Å². The Morgan fingerprint density at radius 2 is 1.59 bits per heavy atom. The van der Waals surface area contributed by atoms with E-state index >= 15 is 0 Å². The smallest absolute Gasteiger partial charge is 0.264 e. The highest BCUT2D eigenvalue weighted by molar-refractivity contribution is 6.10. The molecule has 1 aliphatic rings. The third-order valence-corrected chi connectivity index (χ3v) is 6.54. The molecule has 1 heterocycles. The van der Waals surface area contributed by atoms with Gasteiger partial charge in [-0.15, -0.1) is 0 Å². The summed E-state index contributed by atoms with van der Waals surface area (Å²) in [5, 5.41) is 11.6. The van der Waals surface area contributed by atoms with Crippen molar-refractivity contribution in [3.63, 3.8) is 0 Å². The standard InChI is InChI=1S/C29H28F2N4O2/c1-4-19(2)17-34(3)26(36)21-7-5-6-20(16-21)18-35-27(37)29(33-28(35)32,22-8-12-24(30)13-9-22)23-10-14-25(31)15-11-23/h4-16H,17-18H2,1-3H3,(H2,32,33)/b19-4+. The number of hydrogen-bond donors (Lipinski definition) is 2. The third-order valence-electron chi connectivity index (χ3n) is 6.54. The minimum absolute atomic E-state index is 0.0352. The van der Waals surface area contributed by atoms with Crippen molar-refractivity contribution in [2.24, 2.45) is 0 Å². The summed E-state index contributed by atoms with van der Waals surface area (Å²) in [6.07, 6.45) is 1.95. The summed E-state index contributed by atoms with van der Waals surface area (Å²) in [5.41, 5.74) is 1.50. The molecule has 8 heteroatoms. The zero-order chi connectivity index (χ0) is 26.7. The van der Waals surface area contributed by atoms with Gasteiger partial charge < -0.3 is 10.2 Å². The van der Waals surface area contributed by atoms with Crippen molar-refractivity contribution in [1.29, 1.82) is 5.41 Å². The van der Waals surface area contributed by atoms with E-state index in [2.05, 4.69) is 5.32 Å². The Hall–Kier alpha value is -4.33. The summed E-state index contributed by atoms with van der Waals surface area (Å²) in [6.45, 7) is 4.40. The fourth-order valence-electron chi connectivity index (χ4n) is 4.45. The van der Waals surface area contributed by atoms with Crippen LogP contribution in [0.15, 0.2) is 84.4 Å². The SMILES string of the molecule is C/C=C(\C)CN(C)C(=O)c1cccc(CN2C(=N)NC(c3ccc(F)cc3)(c3ccc(F)cc3)C2=O)c1. The van der Waals surface area contributed by atoms with Crippen LogP contribution in [-0.2, 0) is 16.9 Å². The zero-order valence-electron chi connectivity index (χ0n) is 20.9. The second-order valence-electron chi connectivity index (χ2n) is 9.13. The van der Waals surface area contributed by atoms with Crippen LogP contribution in [0.2, 0.25) is 0 Å². The van der Waals surface area contributed by atoms with Crippen molar-refractivity contribution in [3.05, 3.63) is 118 Å². The Kier molecular flexibility index (Phi) is 7.20. The average Bonchev–Trinajstić information content (AvgIpc) is 3.14. The van der Waals surface area contributed by atoms with Gasteiger partial charge in [-0.1, -0.05) is 48.0 Å². The molecule has 0 unspecified atom stereocenters. The summed E-state index contributed by atoms with van der Waals surface area (Å²) in [7, 11) is 1.73. The predicted molar refractivity (Wildman–Crippen MR) is 138 cm³/mol. The predicted octanol–water partition coefficient (Wildman–Crippen LogP) is 4.81. The number of rotatable bonds is 7. The minimum atomic E-state index is -1.53. The number of nitrogens with zero attached hydrogens (tertiary/aromatic N) is 2. The Morgan fingerprint density at radius 3 is 2.14 bits per heavy atom. The van der Waals surface area contributed by atoms with Crippen LogP contribution in [-0.4, -0.2) is 41.2 Å². The van der Waals surface area contributed by atoms with Gasteiger partial charge in [0.2, 0.25) is 0 Å². The lowest BCUT2D eigenvalue weighted by molar-refractivity contribution is -0.130. The van der Waals surface area contributed by atoms with Crippen LogP contribution in [0.3, 0.4) is 0 Å². The van der Waals surface area contributed by atoms with Gasteiger partial charge in [-0.25, -0.2) is 8.78 Å². The Morgan fingerprint density at radius 1 is 1.03 bits per heavy atom. The van der Waals surface area contributed by atoms with E-state index in [0.717, 1.165) is 5.57 Å². The molecule has 0 spiro atoms. The van der Waals surface area contributed by atoms with Crippen molar-refractivity contribution >= 4 is 17.8 Å². The summed E-state index contributed by atoms with van der Waals surface area (Å²) in [5.74, 6) is -1.71. The molecule has 1 saturated heterocycles. The highest BCUT2D eigenvalue weighted by Gasteiger charge is 2.52. The number of likely N-dealkylation sites (N-methyl/N-ethyl adjacent to an activating group) is 1. The molecule has 2 N–H and O–H groups in total. The van der Waals surface area contributed by atoms with Crippen molar-refractivity contribution in [2.45, 2.75) is 25.9 Å². The number of carbonyl (C=O) groups is 2. The van der Waals surface area contributed by atoms with E-state index in [4.69, 9.17) is 5.41 Å². The Balaban J connectivity index is 1.66. The Labute approximate surface area is 214 Å². The van der Waals surface area contributed by atoms with E-state index in [-0.39, 0.29) is 18.4 Å². The second kappa shape index (κ2) is 10.3. The number of benzene rings is 3. The van der Waals surface area contributed by atoms with Crippen LogP contribution in [0.4, 0.5) is 8.78 Å². The Bertz CT molecular complexity index is 1320. The second-order valence-corrected chi connectivity index (χ2v) is 9.13. The monoisotopic (exact) mass is 502 g/mol. The van der Waals surface area contributed by atoms with Gasteiger partial charge in [0.1, 0.15) is 11.6 Å². The van der Waals surface area contributed by atoms with Crippen molar-refractivity contribution in [3.8, 4) is 0 Å². The molecule has 37 heavy (non-hydrogen) atoms. The largest absolute Gasteiger partial charge is 0.338 e. The summed E-state index contributed by atoms with van der Waals surface area (Å²) in [6, 6.07) is 17.8. The first-order valence-electron chi connectivity index (χ1n) is 11.8. The molecule has 0 bridgehead atoms. The van der Waals surface area contributed by atoms with Gasteiger partial charge in [0.05, 0.1) is 6.54 Å². The number of carbonyl (C=O) groups excluding carboxylic acids is 2. The molecule has 0 aromatic heterocycles. The van der Waals surface area contributed by atoms with Crippen molar-refractivity contribution < 1.29 is 18.4 Å². The topological polar surface area (TPSA) is 76.5 Å². The van der Waals surface area contributed by atoms with Gasteiger partial charge in [-0.2, -0.15) is 0 Å². The molecule has 4 rings (SSSR count). The fraction of sp³-hybridized carbons (Fsp3) is 0.207. The molecule has 3 aromatic carbocycles. The van der Waals surface area contributed by atoms with Gasteiger partial charge in [-0.05, 0) is 66.9 Å². The van der Waals surface area contributed by atoms with Gasteiger partial charge in [0, 0.05) is 19.2 Å². The maximum absolute atomic E-state index is 13.9. The molecule has 1 aliphatic heterocycles.